The smallest absolute Gasteiger partial charge is 0.278 e. The number of nitriles is 1. The molecule has 0 aliphatic heterocycles. The molecule has 0 radical (unpaired) electrons. The van der Waals surface area contributed by atoms with Crippen molar-refractivity contribution < 1.29 is 14.3 Å². The van der Waals surface area contributed by atoms with E-state index in [-0.39, 0.29) is 24.7 Å². The lowest BCUT2D eigenvalue weighted by atomic mass is 10.1. The molecular formula is C17H16BrN5O3. The summed E-state index contributed by atoms with van der Waals surface area (Å²) in [6, 6.07) is 5.59. The normalized spacial score (nSPS) is 10.5. The highest BCUT2D eigenvalue weighted by Gasteiger charge is 2.18. The molecule has 8 nitrogen and oxygen atoms in total. The van der Waals surface area contributed by atoms with Crippen molar-refractivity contribution in [3.63, 3.8) is 0 Å². The lowest BCUT2D eigenvalue weighted by Crippen LogP contribution is -2.25. The van der Waals surface area contributed by atoms with E-state index < -0.39 is 5.91 Å². The zero-order chi connectivity index (χ0) is 18.9. The third kappa shape index (κ3) is 5.08. The van der Waals surface area contributed by atoms with Gasteiger partial charge >= 0.3 is 0 Å². The number of rotatable bonds is 7. The standard InChI is InChI=1S/C17H16BrN5O3/c1-11-16(18)14(9-25-2)13(6-19)17(22-11)26-10-15(24)23-21-8-12-4-3-5-20-7-12/h3-5,7-8H,9-10H2,1-2H3,(H,23,24)/b21-8-. The van der Waals surface area contributed by atoms with Crippen LogP contribution in [0.2, 0.25) is 0 Å². The van der Waals surface area contributed by atoms with Crippen molar-refractivity contribution in [3.05, 3.63) is 51.4 Å². The number of hydrogen-bond donors (Lipinski definition) is 1. The predicted molar refractivity (Wildman–Crippen MR) is 97.6 cm³/mol. The average molecular weight is 418 g/mol. The molecule has 0 fully saturated rings. The second-order valence-corrected chi connectivity index (χ2v) is 5.88. The van der Waals surface area contributed by atoms with Crippen LogP contribution in [0.3, 0.4) is 0 Å². The predicted octanol–water partition coefficient (Wildman–Crippen LogP) is 2.09. The topological polar surface area (TPSA) is 109 Å². The first kappa shape index (κ1) is 19.5. The molecule has 1 N–H and O–H groups in total. The van der Waals surface area contributed by atoms with Crippen molar-refractivity contribution >= 4 is 28.1 Å². The maximum Gasteiger partial charge on any atom is 0.278 e. The molecule has 0 saturated carbocycles. The van der Waals surface area contributed by atoms with Gasteiger partial charge in [-0.2, -0.15) is 10.4 Å². The van der Waals surface area contributed by atoms with Crippen LogP contribution < -0.4 is 10.2 Å². The molecular weight excluding hydrogens is 402 g/mol. The molecule has 0 bridgehead atoms. The molecule has 0 spiro atoms. The summed E-state index contributed by atoms with van der Waals surface area (Å²) in [4.78, 5) is 20.0. The van der Waals surface area contributed by atoms with Gasteiger partial charge < -0.3 is 9.47 Å². The molecule has 2 rings (SSSR count). The lowest BCUT2D eigenvalue weighted by molar-refractivity contribution is -0.123. The van der Waals surface area contributed by atoms with E-state index in [1.807, 2.05) is 6.07 Å². The van der Waals surface area contributed by atoms with Crippen LogP contribution in [0.4, 0.5) is 0 Å². The van der Waals surface area contributed by atoms with Gasteiger partial charge in [-0.25, -0.2) is 10.4 Å². The fraction of sp³-hybridized carbons (Fsp3) is 0.235. The highest BCUT2D eigenvalue weighted by Crippen LogP contribution is 2.29. The quantitative estimate of drug-likeness (QED) is 0.545. The van der Waals surface area contributed by atoms with Crippen molar-refractivity contribution in [2.75, 3.05) is 13.7 Å². The summed E-state index contributed by atoms with van der Waals surface area (Å²) in [6.07, 6.45) is 4.71. The van der Waals surface area contributed by atoms with Gasteiger partial charge in [0.2, 0.25) is 5.88 Å². The summed E-state index contributed by atoms with van der Waals surface area (Å²) in [7, 11) is 1.53. The van der Waals surface area contributed by atoms with Crippen LogP contribution in [0.5, 0.6) is 5.88 Å². The van der Waals surface area contributed by atoms with E-state index in [0.29, 0.717) is 15.7 Å². The molecule has 2 aromatic rings. The zero-order valence-electron chi connectivity index (χ0n) is 14.2. The monoisotopic (exact) mass is 417 g/mol. The fourth-order valence-corrected chi connectivity index (χ4v) is 2.41. The molecule has 2 aromatic heterocycles. The average Bonchev–Trinajstić information content (AvgIpc) is 2.65. The number of ether oxygens (including phenoxy) is 2. The van der Waals surface area contributed by atoms with Crippen LogP contribution in [-0.4, -0.2) is 35.8 Å². The summed E-state index contributed by atoms with van der Waals surface area (Å²) >= 11 is 3.39. The Hall–Kier alpha value is -2.83. The number of nitrogens with zero attached hydrogens (tertiary/aromatic N) is 4. The molecule has 0 saturated heterocycles. The first-order valence-electron chi connectivity index (χ1n) is 7.49. The van der Waals surface area contributed by atoms with Crippen molar-refractivity contribution in [2.45, 2.75) is 13.5 Å². The lowest BCUT2D eigenvalue weighted by Gasteiger charge is -2.13. The number of hydrazone groups is 1. The number of aryl methyl sites for hydroxylation is 1. The molecule has 0 atom stereocenters. The minimum atomic E-state index is -0.482. The van der Waals surface area contributed by atoms with Crippen LogP contribution in [0.25, 0.3) is 0 Å². The highest BCUT2D eigenvalue weighted by molar-refractivity contribution is 9.10. The number of aromatic nitrogens is 2. The SMILES string of the molecule is COCc1c(Br)c(C)nc(OCC(=O)N/N=C\c2cccnc2)c1C#N. The molecule has 0 aliphatic carbocycles. The van der Waals surface area contributed by atoms with Crippen LogP contribution >= 0.6 is 15.9 Å². The number of amides is 1. The Bertz CT molecular complexity index is 850. The Kier molecular flexibility index (Phi) is 7.20. The first-order valence-corrected chi connectivity index (χ1v) is 8.28. The third-order valence-electron chi connectivity index (χ3n) is 3.20. The molecule has 134 valence electrons. The molecule has 26 heavy (non-hydrogen) atoms. The summed E-state index contributed by atoms with van der Waals surface area (Å²) in [5.41, 5.74) is 4.55. The Labute approximate surface area is 159 Å². The molecule has 0 unspecified atom stereocenters. The van der Waals surface area contributed by atoms with Gasteiger partial charge in [-0.05, 0) is 28.9 Å². The number of pyridine rings is 2. The largest absolute Gasteiger partial charge is 0.467 e. The number of carbonyl (C=O) groups excluding carboxylic acids is 1. The van der Waals surface area contributed by atoms with E-state index in [2.05, 4.69) is 36.4 Å². The second-order valence-electron chi connectivity index (χ2n) is 5.08. The first-order chi connectivity index (χ1) is 12.6. The van der Waals surface area contributed by atoms with Gasteiger partial charge in [-0.1, -0.05) is 6.07 Å². The summed E-state index contributed by atoms with van der Waals surface area (Å²) in [5, 5.41) is 13.2. The van der Waals surface area contributed by atoms with Crippen molar-refractivity contribution in [2.24, 2.45) is 5.10 Å². The van der Waals surface area contributed by atoms with Gasteiger partial charge in [-0.15, -0.1) is 0 Å². The van der Waals surface area contributed by atoms with E-state index in [9.17, 15) is 10.1 Å². The number of carbonyl (C=O) groups is 1. The van der Waals surface area contributed by atoms with Gasteiger partial charge in [-0.3, -0.25) is 9.78 Å². The molecule has 9 heteroatoms. The van der Waals surface area contributed by atoms with E-state index in [1.165, 1.54) is 13.3 Å². The third-order valence-corrected chi connectivity index (χ3v) is 4.25. The van der Waals surface area contributed by atoms with Gasteiger partial charge in [0.05, 0.1) is 18.5 Å². The van der Waals surface area contributed by atoms with Gasteiger partial charge in [0.25, 0.3) is 5.91 Å². The Morgan fingerprint density at radius 2 is 2.35 bits per heavy atom. The Balaban J connectivity index is 2.03. The van der Waals surface area contributed by atoms with Crippen molar-refractivity contribution in [1.29, 1.82) is 5.26 Å². The maximum atomic E-state index is 11.9. The van der Waals surface area contributed by atoms with Crippen LogP contribution in [0.15, 0.2) is 34.1 Å². The van der Waals surface area contributed by atoms with E-state index >= 15 is 0 Å². The molecule has 0 aliphatic rings. The number of nitrogens with one attached hydrogen (secondary N) is 1. The second kappa shape index (κ2) is 9.60. The Morgan fingerprint density at radius 1 is 1.54 bits per heavy atom. The minimum absolute atomic E-state index is 0.0756. The molecule has 1 amide bonds. The molecule has 0 aromatic carbocycles. The van der Waals surface area contributed by atoms with Crippen molar-refractivity contribution in [3.8, 4) is 11.9 Å². The highest BCUT2D eigenvalue weighted by atomic mass is 79.9. The van der Waals surface area contributed by atoms with E-state index in [0.717, 1.165) is 5.56 Å². The van der Waals surface area contributed by atoms with Gasteiger partial charge in [0.15, 0.2) is 6.61 Å². The summed E-state index contributed by atoms with van der Waals surface area (Å²) in [6.45, 7) is 1.64. The maximum absolute atomic E-state index is 11.9. The Morgan fingerprint density at radius 3 is 3.00 bits per heavy atom. The van der Waals surface area contributed by atoms with E-state index in [4.69, 9.17) is 9.47 Å². The fourth-order valence-electron chi connectivity index (χ4n) is 2.01. The number of halogens is 1. The van der Waals surface area contributed by atoms with Crippen LogP contribution in [0.1, 0.15) is 22.4 Å². The number of hydrogen-bond acceptors (Lipinski definition) is 7. The van der Waals surface area contributed by atoms with Crippen LogP contribution in [-0.2, 0) is 16.1 Å². The van der Waals surface area contributed by atoms with E-state index in [1.54, 1.807) is 31.5 Å². The van der Waals surface area contributed by atoms with Gasteiger partial charge in [0, 0.05) is 35.1 Å². The van der Waals surface area contributed by atoms with Crippen molar-refractivity contribution in [1.82, 2.24) is 15.4 Å². The molecule has 2 heterocycles. The van der Waals surface area contributed by atoms with Crippen LogP contribution in [0, 0.1) is 18.3 Å². The summed E-state index contributed by atoms with van der Waals surface area (Å²) < 4.78 is 11.2. The minimum Gasteiger partial charge on any atom is -0.467 e. The summed E-state index contributed by atoms with van der Waals surface area (Å²) in [5.74, 6) is -0.406. The van der Waals surface area contributed by atoms with Gasteiger partial charge in [0.1, 0.15) is 11.6 Å². The number of methoxy groups -OCH3 is 1. The zero-order valence-corrected chi connectivity index (χ0v) is 15.8.